The van der Waals surface area contributed by atoms with E-state index in [0.29, 0.717) is 40.1 Å². The molecule has 7 heteroatoms. The van der Waals surface area contributed by atoms with Gasteiger partial charge in [0, 0.05) is 11.3 Å². The van der Waals surface area contributed by atoms with E-state index in [9.17, 15) is 14.7 Å². The van der Waals surface area contributed by atoms with Crippen molar-refractivity contribution >= 4 is 46.3 Å². The lowest BCUT2D eigenvalue weighted by Gasteiger charge is -2.26. The Kier molecular flexibility index (Phi) is 7.20. The van der Waals surface area contributed by atoms with E-state index in [1.807, 2.05) is 31.2 Å². The summed E-state index contributed by atoms with van der Waals surface area (Å²) in [6.45, 7) is 6.57. The number of benzene rings is 3. The zero-order chi connectivity index (χ0) is 25.3. The third-order valence-corrected chi connectivity index (χ3v) is 6.72. The number of anilines is 1. The van der Waals surface area contributed by atoms with Gasteiger partial charge in [0.2, 0.25) is 0 Å². The fourth-order valence-electron chi connectivity index (χ4n) is 4.15. The summed E-state index contributed by atoms with van der Waals surface area (Å²) < 4.78 is 5.51. The average molecular weight is 510 g/mol. The van der Waals surface area contributed by atoms with E-state index in [0.717, 1.165) is 5.56 Å². The van der Waals surface area contributed by atoms with Gasteiger partial charge in [0.1, 0.15) is 11.5 Å². The minimum Gasteiger partial charge on any atom is -0.507 e. The number of nitrogens with zero attached hydrogens (tertiary/aromatic N) is 1. The summed E-state index contributed by atoms with van der Waals surface area (Å²) in [4.78, 5) is 28.0. The molecule has 0 saturated carbocycles. The molecule has 1 atom stereocenters. The average Bonchev–Trinajstić information content (AvgIpc) is 3.11. The second-order valence-electron chi connectivity index (χ2n) is 8.55. The Balaban J connectivity index is 1.89. The topological polar surface area (TPSA) is 66.8 Å². The highest BCUT2D eigenvalue weighted by Crippen LogP contribution is 2.43. The summed E-state index contributed by atoms with van der Waals surface area (Å²) in [7, 11) is 0. The molecule has 1 fully saturated rings. The molecule has 1 saturated heterocycles. The van der Waals surface area contributed by atoms with Gasteiger partial charge >= 0.3 is 0 Å². The number of amides is 1. The Hall–Kier alpha value is -3.28. The molecule has 0 aromatic heterocycles. The summed E-state index contributed by atoms with van der Waals surface area (Å²) in [6, 6.07) is 18.4. The molecule has 1 aliphatic rings. The van der Waals surface area contributed by atoms with Crippen molar-refractivity contribution in [1.82, 2.24) is 0 Å². The van der Waals surface area contributed by atoms with Crippen molar-refractivity contribution < 1.29 is 19.4 Å². The second-order valence-corrected chi connectivity index (χ2v) is 9.36. The van der Waals surface area contributed by atoms with Crippen LogP contribution in [-0.4, -0.2) is 23.4 Å². The van der Waals surface area contributed by atoms with Crippen LogP contribution in [0, 0.1) is 0 Å². The maximum absolute atomic E-state index is 13.3. The van der Waals surface area contributed by atoms with Gasteiger partial charge in [0.15, 0.2) is 0 Å². The van der Waals surface area contributed by atoms with Gasteiger partial charge in [-0.05, 0) is 66.4 Å². The highest BCUT2D eigenvalue weighted by Gasteiger charge is 2.47. The molecule has 3 aromatic rings. The van der Waals surface area contributed by atoms with Gasteiger partial charge in [-0.2, -0.15) is 0 Å². The Morgan fingerprint density at radius 1 is 0.971 bits per heavy atom. The number of Topliss-reactive ketones (excluding diaryl/α,β-unsaturated/α-hetero) is 1. The number of aliphatic hydroxyl groups excluding tert-OH is 1. The summed E-state index contributed by atoms with van der Waals surface area (Å²) in [5.41, 5.74) is 2.62. The van der Waals surface area contributed by atoms with Crippen LogP contribution in [0.1, 0.15) is 49.4 Å². The van der Waals surface area contributed by atoms with E-state index >= 15 is 0 Å². The maximum atomic E-state index is 13.3. The maximum Gasteiger partial charge on any atom is 0.300 e. The molecule has 1 aliphatic heterocycles. The lowest BCUT2D eigenvalue weighted by molar-refractivity contribution is -0.132. The summed E-state index contributed by atoms with van der Waals surface area (Å²) >= 11 is 12.2. The normalized spacial score (nSPS) is 17.3. The minimum atomic E-state index is -0.830. The van der Waals surface area contributed by atoms with Crippen molar-refractivity contribution in [1.29, 1.82) is 0 Å². The molecule has 35 heavy (non-hydrogen) atoms. The number of hydrogen-bond donors (Lipinski definition) is 1. The van der Waals surface area contributed by atoms with Crippen LogP contribution in [0.2, 0.25) is 10.0 Å². The van der Waals surface area contributed by atoms with E-state index < -0.39 is 17.7 Å². The molecule has 1 N–H and O–H groups in total. The third-order valence-electron chi connectivity index (χ3n) is 5.98. The summed E-state index contributed by atoms with van der Waals surface area (Å²) in [5, 5.41) is 11.8. The SMILES string of the molecule is CCOc1ccc(N2C(=O)C(=O)/C(=C(\O)c3ccc(Cl)c(Cl)c3)C2c2ccc(C(C)C)cc2)cc1. The van der Waals surface area contributed by atoms with Gasteiger partial charge in [0.05, 0.1) is 28.3 Å². The van der Waals surface area contributed by atoms with Crippen molar-refractivity contribution in [3.05, 3.63) is 99.0 Å². The number of rotatable bonds is 6. The van der Waals surface area contributed by atoms with E-state index in [-0.39, 0.29) is 16.4 Å². The third kappa shape index (κ3) is 4.79. The molecule has 4 rings (SSSR count). The smallest absolute Gasteiger partial charge is 0.300 e. The van der Waals surface area contributed by atoms with Gasteiger partial charge in [-0.15, -0.1) is 0 Å². The number of aliphatic hydroxyl groups is 1. The lowest BCUT2D eigenvalue weighted by Crippen LogP contribution is -2.29. The predicted molar refractivity (Wildman–Crippen MR) is 139 cm³/mol. The molecule has 1 heterocycles. The fraction of sp³-hybridized carbons (Fsp3) is 0.214. The van der Waals surface area contributed by atoms with Crippen LogP contribution in [0.5, 0.6) is 5.75 Å². The van der Waals surface area contributed by atoms with Crippen LogP contribution >= 0.6 is 23.2 Å². The van der Waals surface area contributed by atoms with Crippen molar-refractivity contribution in [3.63, 3.8) is 0 Å². The minimum absolute atomic E-state index is 0.0143. The molecule has 5 nitrogen and oxygen atoms in total. The molecule has 0 spiro atoms. The molecule has 0 bridgehead atoms. The zero-order valence-corrected chi connectivity index (χ0v) is 21.1. The predicted octanol–water partition coefficient (Wildman–Crippen LogP) is 7.14. The van der Waals surface area contributed by atoms with Crippen LogP contribution in [0.15, 0.2) is 72.3 Å². The Morgan fingerprint density at radius 2 is 1.63 bits per heavy atom. The summed E-state index contributed by atoms with van der Waals surface area (Å²) in [5.74, 6) is -0.846. The fourth-order valence-corrected chi connectivity index (χ4v) is 4.44. The molecule has 3 aromatic carbocycles. The van der Waals surface area contributed by atoms with Gasteiger partial charge in [0.25, 0.3) is 11.7 Å². The Morgan fingerprint density at radius 3 is 2.20 bits per heavy atom. The Bertz CT molecular complexity index is 1300. The van der Waals surface area contributed by atoms with Gasteiger partial charge in [-0.1, -0.05) is 61.3 Å². The number of hydrogen-bond acceptors (Lipinski definition) is 4. The molecule has 1 unspecified atom stereocenters. The molecule has 1 amide bonds. The lowest BCUT2D eigenvalue weighted by atomic mass is 9.93. The first kappa shape index (κ1) is 24.8. The molecule has 0 radical (unpaired) electrons. The highest BCUT2D eigenvalue weighted by atomic mass is 35.5. The molecular weight excluding hydrogens is 485 g/mol. The zero-order valence-electron chi connectivity index (χ0n) is 19.6. The summed E-state index contributed by atoms with van der Waals surface area (Å²) in [6.07, 6.45) is 0. The van der Waals surface area contributed by atoms with Crippen molar-refractivity contribution in [2.75, 3.05) is 11.5 Å². The number of ketones is 1. The van der Waals surface area contributed by atoms with Crippen molar-refractivity contribution in [2.45, 2.75) is 32.7 Å². The van der Waals surface area contributed by atoms with E-state index in [1.54, 1.807) is 30.3 Å². The van der Waals surface area contributed by atoms with Crippen molar-refractivity contribution in [2.24, 2.45) is 0 Å². The van der Waals surface area contributed by atoms with Gasteiger partial charge in [-0.3, -0.25) is 14.5 Å². The van der Waals surface area contributed by atoms with E-state index in [4.69, 9.17) is 27.9 Å². The first-order chi connectivity index (χ1) is 16.7. The van der Waals surface area contributed by atoms with Gasteiger partial charge in [-0.25, -0.2) is 0 Å². The van der Waals surface area contributed by atoms with Gasteiger partial charge < -0.3 is 9.84 Å². The number of carbonyl (C=O) groups excluding carboxylic acids is 2. The molecular formula is C28H25Cl2NO4. The van der Waals surface area contributed by atoms with Crippen LogP contribution in [0.25, 0.3) is 5.76 Å². The first-order valence-electron chi connectivity index (χ1n) is 11.3. The molecule has 180 valence electrons. The largest absolute Gasteiger partial charge is 0.507 e. The monoisotopic (exact) mass is 509 g/mol. The number of ether oxygens (including phenoxy) is 1. The highest BCUT2D eigenvalue weighted by molar-refractivity contribution is 6.51. The second kappa shape index (κ2) is 10.1. The van der Waals surface area contributed by atoms with Crippen LogP contribution in [0.3, 0.4) is 0 Å². The standard InChI is InChI=1S/C28H25Cl2NO4/c1-4-35-21-12-10-20(11-13-21)31-25(18-7-5-17(6-8-18)16(2)3)24(27(33)28(31)34)26(32)19-9-14-22(29)23(30)15-19/h5-16,25,32H,4H2,1-3H3/b26-24-. The van der Waals surface area contributed by atoms with E-state index in [1.165, 1.54) is 17.0 Å². The quantitative estimate of drug-likeness (QED) is 0.217. The first-order valence-corrected chi connectivity index (χ1v) is 12.1. The van der Waals surface area contributed by atoms with Crippen LogP contribution in [-0.2, 0) is 9.59 Å². The number of carbonyl (C=O) groups is 2. The van der Waals surface area contributed by atoms with Crippen LogP contribution < -0.4 is 9.64 Å². The van der Waals surface area contributed by atoms with Crippen LogP contribution in [0.4, 0.5) is 5.69 Å². The molecule has 0 aliphatic carbocycles. The van der Waals surface area contributed by atoms with E-state index in [2.05, 4.69) is 13.8 Å². The number of halogens is 2. The Labute approximate surface area is 214 Å². The van der Waals surface area contributed by atoms with Crippen molar-refractivity contribution in [3.8, 4) is 5.75 Å².